The zero-order valence-corrected chi connectivity index (χ0v) is 13.5. The minimum absolute atomic E-state index is 0.113. The molecule has 4 nitrogen and oxygen atoms in total. The lowest BCUT2D eigenvalue weighted by Gasteiger charge is -2.38. The molecular formula is C19H21FN2O2. The number of hydrogen-bond donors (Lipinski definition) is 1. The van der Waals surface area contributed by atoms with E-state index in [1.165, 1.54) is 12.1 Å². The lowest BCUT2D eigenvalue weighted by molar-refractivity contribution is 0.0803. The van der Waals surface area contributed by atoms with Crippen LogP contribution in [0.1, 0.15) is 41.8 Å². The van der Waals surface area contributed by atoms with Crippen LogP contribution in [0, 0.1) is 5.82 Å². The zero-order valence-electron chi connectivity index (χ0n) is 13.5. The van der Waals surface area contributed by atoms with E-state index >= 15 is 0 Å². The van der Waals surface area contributed by atoms with Gasteiger partial charge >= 0.3 is 0 Å². The Labute approximate surface area is 140 Å². The Hall–Kier alpha value is -2.14. The van der Waals surface area contributed by atoms with Crippen molar-refractivity contribution in [2.75, 3.05) is 0 Å². The van der Waals surface area contributed by atoms with Crippen molar-refractivity contribution in [3.8, 4) is 0 Å². The van der Waals surface area contributed by atoms with Gasteiger partial charge in [0.2, 0.25) is 0 Å². The van der Waals surface area contributed by atoms with Gasteiger partial charge in [-0.1, -0.05) is 12.1 Å². The number of hydrogen-bond acceptors (Lipinski definition) is 3. The molecule has 0 radical (unpaired) electrons. The average Bonchev–Trinajstić information content (AvgIpc) is 3.15. The number of carbonyl (C=O) groups is 1. The molecule has 1 aromatic carbocycles. The number of benzene rings is 1. The molecule has 2 saturated heterocycles. The summed E-state index contributed by atoms with van der Waals surface area (Å²) in [5, 5.41) is 3.03. The third kappa shape index (κ3) is 2.96. The van der Waals surface area contributed by atoms with Crippen LogP contribution in [0.25, 0.3) is 0 Å². The van der Waals surface area contributed by atoms with Crippen LogP contribution in [-0.4, -0.2) is 28.9 Å². The molecule has 2 unspecified atom stereocenters. The van der Waals surface area contributed by atoms with E-state index in [9.17, 15) is 9.18 Å². The second-order valence-corrected chi connectivity index (χ2v) is 6.76. The van der Waals surface area contributed by atoms with Gasteiger partial charge in [-0.15, -0.1) is 0 Å². The van der Waals surface area contributed by atoms with E-state index in [1.54, 1.807) is 18.4 Å². The first-order valence-electron chi connectivity index (χ1n) is 8.54. The van der Waals surface area contributed by atoms with Gasteiger partial charge < -0.3 is 9.73 Å². The maximum atomic E-state index is 13.8. The molecule has 2 fully saturated rings. The van der Waals surface area contributed by atoms with Gasteiger partial charge in [0.15, 0.2) is 0 Å². The fourth-order valence-electron chi connectivity index (χ4n) is 4.14. The van der Waals surface area contributed by atoms with Crippen molar-refractivity contribution in [1.82, 2.24) is 10.2 Å². The Morgan fingerprint density at radius 1 is 1.17 bits per heavy atom. The van der Waals surface area contributed by atoms with Gasteiger partial charge in [0.05, 0.1) is 18.4 Å². The molecule has 2 aliphatic heterocycles. The topological polar surface area (TPSA) is 45.5 Å². The zero-order chi connectivity index (χ0) is 16.5. The standard InChI is InChI=1S/C19H21FN2O2/c20-18-6-2-1-5-17(18)19(23)21-13-10-14-7-8-15(11-13)22(14)12-16-4-3-9-24-16/h1-6,9,13-15H,7-8,10-12H2,(H,21,23). The summed E-state index contributed by atoms with van der Waals surface area (Å²) in [6.07, 6.45) is 5.84. The van der Waals surface area contributed by atoms with E-state index < -0.39 is 5.82 Å². The normalized spacial score (nSPS) is 26.5. The lowest BCUT2D eigenvalue weighted by Crippen LogP contribution is -2.50. The molecule has 0 saturated carbocycles. The first-order chi connectivity index (χ1) is 11.7. The van der Waals surface area contributed by atoms with Crippen molar-refractivity contribution in [2.45, 2.75) is 50.4 Å². The second kappa shape index (κ2) is 6.40. The Bertz CT molecular complexity index is 702. The predicted molar refractivity (Wildman–Crippen MR) is 87.9 cm³/mol. The van der Waals surface area contributed by atoms with Crippen LogP contribution in [0.2, 0.25) is 0 Å². The van der Waals surface area contributed by atoms with Gasteiger partial charge in [-0.05, 0) is 49.9 Å². The maximum Gasteiger partial charge on any atom is 0.254 e. The van der Waals surface area contributed by atoms with E-state index in [4.69, 9.17) is 4.42 Å². The van der Waals surface area contributed by atoms with Crippen molar-refractivity contribution < 1.29 is 13.6 Å². The molecule has 2 aliphatic rings. The maximum absolute atomic E-state index is 13.8. The molecule has 1 N–H and O–H groups in total. The fourth-order valence-corrected chi connectivity index (χ4v) is 4.14. The number of halogens is 1. The Kier molecular flexibility index (Phi) is 4.10. The molecule has 126 valence electrons. The van der Waals surface area contributed by atoms with Crippen molar-refractivity contribution in [1.29, 1.82) is 0 Å². The first-order valence-corrected chi connectivity index (χ1v) is 8.54. The summed E-state index contributed by atoms with van der Waals surface area (Å²) in [5.74, 6) is 0.214. The Morgan fingerprint density at radius 2 is 1.92 bits per heavy atom. The predicted octanol–water partition coefficient (Wildman–Crippen LogP) is 3.34. The summed E-state index contributed by atoms with van der Waals surface area (Å²) < 4.78 is 19.2. The highest BCUT2D eigenvalue weighted by atomic mass is 19.1. The third-order valence-corrected chi connectivity index (χ3v) is 5.26. The van der Waals surface area contributed by atoms with Crippen molar-refractivity contribution in [2.24, 2.45) is 0 Å². The van der Waals surface area contributed by atoms with Gasteiger partial charge in [0.25, 0.3) is 5.91 Å². The van der Waals surface area contributed by atoms with Crippen LogP contribution in [-0.2, 0) is 6.54 Å². The van der Waals surface area contributed by atoms with Crippen molar-refractivity contribution in [3.05, 3.63) is 59.8 Å². The molecule has 5 heteroatoms. The van der Waals surface area contributed by atoms with Gasteiger partial charge in [-0.3, -0.25) is 9.69 Å². The number of nitrogens with one attached hydrogen (secondary N) is 1. The van der Waals surface area contributed by atoms with Gasteiger partial charge in [0.1, 0.15) is 11.6 Å². The molecule has 2 bridgehead atoms. The van der Waals surface area contributed by atoms with Gasteiger partial charge in [-0.25, -0.2) is 4.39 Å². The largest absolute Gasteiger partial charge is 0.468 e. The van der Waals surface area contributed by atoms with Crippen LogP contribution in [0.3, 0.4) is 0 Å². The minimum Gasteiger partial charge on any atom is -0.468 e. The van der Waals surface area contributed by atoms with Gasteiger partial charge in [-0.2, -0.15) is 0 Å². The molecule has 0 aliphatic carbocycles. The summed E-state index contributed by atoms with van der Waals surface area (Å²) in [5.41, 5.74) is 0.128. The SMILES string of the molecule is O=C(NC1CC2CCC(C1)N2Cc1ccco1)c1ccccc1F. The highest BCUT2D eigenvalue weighted by Crippen LogP contribution is 2.37. The van der Waals surface area contributed by atoms with Gasteiger partial charge in [0, 0.05) is 18.1 Å². The number of piperidine rings is 1. The minimum atomic E-state index is -0.465. The lowest BCUT2D eigenvalue weighted by atomic mass is 9.96. The molecule has 1 amide bonds. The summed E-state index contributed by atoms with van der Waals surface area (Å²) in [6.45, 7) is 0.830. The quantitative estimate of drug-likeness (QED) is 0.936. The molecule has 1 aromatic heterocycles. The molecule has 0 spiro atoms. The van der Waals surface area contributed by atoms with E-state index in [0.717, 1.165) is 38.0 Å². The van der Waals surface area contributed by atoms with E-state index in [0.29, 0.717) is 12.1 Å². The van der Waals surface area contributed by atoms with Crippen LogP contribution < -0.4 is 5.32 Å². The van der Waals surface area contributed by atoms with Crippen LogP contribution in [0.5, 0.6) is 0 Å². The number of rotatable bonds is 4. The molecule has 2 aromatic rings. The molecule has 24 heavy (non-hydrogen) atoms. The number of nitrogens with zero attached hydrogens (tertiary/aromatic N) is 1. The van der Waals surface area contributed by atoms with Crippen molar-refractivity contribution >= 4 is 5.91 Å². The molecule has 3 heterocycles. The van der Waals surface area contributed by atoms with Crippen LogP contribution in [0.15, 0.2) is 47.1 Å². The summed E-state index contributed by atoms with van der Waals surface area (Å²) in [6, 6.07) is 11.1. The van der Waals surface area contributed by atoms with Crippen molar-refractivity contribution in [3.63, 3.8) is 0 Å². The van der Waals surface area contributed by atoms with E-state index in [-0.39, 0.29) is 17.5 Å². The monoisotopic (exact) mass is 328 g/mol. The smallest absolute Gasteiger partial charge is 0.254 e. The number of furan rings is 1. The first kappa shape index (κ1) is 15.4. The van der Waals surface area contributed by atoms with E-state index in [1.807, 2.05) is 12.1 Å². The highest BCUT2D eigenvalue weighted by molar-refractivity contribution is 5.94. The number of amides is 1. The Morgan fingerprint density at radius 3 is 2.58 bits per heavy atom. The molecule has 4 rings (SSSR count). The average molecular weight is 328 g/mol. The summed E-state index contributed by atoms with van der Waals surface area (Å²) in [7, 11) is 0. The molecular weight excluding hydrogens is 307 g/mol. The Balaban J connectivity index is 1.40. The summed E-state index contributed by atoms with van der Waals surface area (Å²) >= 11 is 0. The second-order valence-electron chi connectivity index (χ2n) is 6.76. The molecule has 2 atom stereocenters. The fraction of sp³-hybridized carbons (Fsp3) is 0.421. The van der Waals surface area contributed by atoms with Crippen LogP contribution >= 0.6 is 0 Å². The third-order valence-electron chi connectivity index (χ3n) is 5.26. The van der Waals surface area contributed by atoms with E-state index in [2.05, 4.69) is 10.2 Å². The number of carbonyl (C=O) groups excluding carboxylic acids is 1. The summed E-state index contributed by atoms with van der Waals surface area (Å²) in [4.78, 5) is 14.8. The highest BCUT2D eigenvalue weighted by Gasteiger charge is 2.41. The van der Waals surface area contributed by atoms with Crippen LogP contribution in [0.4, 0.5) is 4.39 Å². The number of fused-ring (bicyclic) bond motifs is 2.